The average molecular weight is 426 g/mol. The van der Waals surface area contributed by atoms with E-state index in [0.29, 0.717) is 36.3 Å². The fourth-order valence-electron chi connectivity index (χ4n) is 8.09. The molecule has 6 rings (SSSR count). The molecule has 0 radical (unpaired) electrons. The summed E-state index contributed by atoms with van der Waals surface area (Å²) in [7, 11) is 0. The molecule has 2 nitrogen and oxygen atoms in total. The van der Waals surface area contributed by atoms with Crippen LogP contribution in [-0.2, 0) is 4.74 Å². The minimum absolute atomic E-state index is 0.223. The summed E-state index contributed by atoms with van der Waals surface area (Å²) in [6.45, 7) is 2.42. The van der Waals surface area contributed by atoms with E-state index >= 15 is 0 Å². The van der Waals surface area contributed by atoms with Gasteiger partial charge in [0.05, 0.1) is 12.2 Å². The molecule has 0 aromatic rings. The Hall–Kier alpha value is -1.09. The van der Waals surface area contributed by atoms with Gasteiger partial charge in [-0.3, -0.25) is 0 Å². The van der Waals surface area contributed by atoms with Crippen LogP contribution in [0.3, 0.4) is 0 Å². The number of rotatable bonds is 2. The zero-order valence-corrected chi connectivity index (χ0v) is 19.2. The third kappa shape index (κ3) is 3.73. The SMILES string of the molecule is CC1CCCC2=C1NC(C1CCC3C(C1)OC1C(C4CCCC(F)C4)=CC=CC13)CC2. The largest absolute Gasteiger partial charge is 0.385 e. The second-order valence-electron chi connectivity index (χ2n) is 11.5. The molecular formula is C28H40FNO. The van der Waals surface area contributed by atoms with E-state index in [1.807, 2.05) is 0 Å². The Morgan fingerprint density at radius 1 is 1.00 bits per heavy atom. The molecule has 31 heavy (non-hydrogen) atoms. The fourth-order valence-corrected chi connectivity index (χ4v) is 8.09. The van der Waals surface area contributed by atoms with Gasteiger partial charge >= 0.3 is 0 Å². The minimum atomic E-state index is -0.615. The molecule has 170 valence electrons. The van der Waals surface area contributed by atoms with Gasteiger partial charge in [0.2, 0.25) is 0 Å². The van der Waals surface area contributed by atoms with E-state index in [9.17, 15) is 4.39 Å². The molecule has 2 aliphatic heterocycles. The van der Waals surface area contributed by atoms with Crippen LogP contribution in [0.15, 0.2) is 35.1 Å². The van der Waals surface area contributed by atoms with Crippen molar-refractivity contribution in [2.24, 2.45) is 29.6 Å². The maximum absolute atomic E-state index is 14.1. The molecule has 0 aromatic carbocycles. The van der Waals surface area contributed by atoms with Gasteiger partial charge in [0.1, 0.15) is 6.17 Å². The molecular weight excluding hydrogens is 385 g/mol. The molecule has 1 saturated heterocycles. The molecule has 6 aliphatic rings. The maximum atomic E-state index is 14.1. The molecule has 0 spiro atoms. The second-order valence-corrected chi connectivity index (χ2v) is 11.5. The number of hydrogen-bond acceptors (Lipinski definition) is 2. The van der Waals surface area contributed by atoms with Crippen molar-refractivity contribution >= 4 is 0 Å². The number of alkyl halides is 1. The standard InChI is InChI=1S/C28H40FNO/c1-17-5-2-6-18-12-14-25(30-27(17)18)20-11-13-23-24-10-4-9-22(28(24)31-26(23)16-20)19-7-3-8-21(29)15-19/h4,9-10,17,19-21,23-26,28,30H,2-3,5-8,11-16H2,1H3. The Labute approximate surface area is 187 Å². The van der Waals surface area contributed by atoms with Gasteiger partial charge in [-0.25, -0.2) is 4.39 Å². The molecule has 9 atom stereocenters. The van der Waals surface area contributed by atoms with Gasteiger partial charge < -0.3 is 10.1 Å². The highest BCUT2D eigenvalue weighted by Gasteiger charge is 2.50. The van der Waals surface area contributed by atoms with Gasteiger partial charge in [0.15, 0.2) is 0 Å². The third-order valence-corrected chi connectivity index (χ3v) is 9.74. The number of fused-ring (bicyclic) bond motifs is 3. The molecule has 0 amide bonds. The smallest absolute Gasteiger partial charge is 0.101 e. The van der Waals surface area contributed by atoms with Gasteiger partial charge in [-0.05, 0) is 106 Å². The van der Waals surface area contributed by atoms with Gasteiger partial charge in [-0.1, -0.05) is 30.7 Å². The molecule has 0 bridgehead atoms. The lowest BCUT2D eigenvalue weighted by Crippen LogP contribution is -2.45. The fraction of sp³-hybridized carbons (Fsp3) is 0.786. The van der Waals surface area contributed by atoms with Crippen molar-refractivity contribution in [3.05, 3.63) is 35.1 Å². The zero-order valence-electron chi connectivity index (χ0n) is 19.2. The molecule has 3 fully saturated rings. The Kier molecular flexibility index (Phi) is 5.53. The van der Waals surface area contributed by atoms with Crippen molar-refractivity contribution < 1.29 is 9.13 Å². The predicted octanol–water partition coefficient (Wildman–Crippen LogP) is 6.64. The van der Waals surface area contributed by atoms with Crippen molar-refractivity contribution in [3.63, 3.8) is 0 Å². The summed E-state index contributed by atoms with van der Waals surface area (Å²) in [6.07, 6.45) is 21.1. The minimum Gasteiger partial charge on any atom is -0.385 e. The molecule has 0 aromatic heterocycles. The van der Waals surface area contributed by atoms with Gasteiger partial charge in [0, 0.05) is 17.7 Å². The lowest BCUT2D eigenvalue weighted by molar-refractivity contribution is 0.00627. The van der Waals surface area contributed by atoms with Crippen LogP contribution in [0.4, 0.5) is 4.39 Å². The molecule has 2 saturated carbocycles. The molecule has 2 heterocycles. The summed E-state index contributed by atoms with van der Waals surface area (Å²) >= 11 is 0. The van der Waals surface area contributed by atoms with E-state index < -0.39 is 6.17 Å². The van der Waals surface area contributed by atoms with Crippen molar-refractivity contribution in [2.75, 3.05) is 0 Å². The van der Waals surface area contributed by atoms with E-state index in [0.717, 1.165) is 31.1 Å². The summed E-state index contributed by atoms with van der Waals surface area (Å²) in [5, 5.41) is 4.04. The van der Waals surface area contributed by atoms with Crippen molar-refractivity contribution in [1.82, 2.24) is 5.32 Å². The quantitative estimate of drug-likeness (QED) is 0.536. The monoisotopic (exact) mass is 425 g/mol. The highest BCUT2D eigenvalue weighted by molar-refractivity contribution is 5.30. The van der Waals surface area contributed by atoms with Gasteiger partial charge in [-0.15, -0.1) is 0 Å². The first-order valence-electron chi connectivity index (χ1n) is 13.3. The summed E-state index contributed by atoms with van der Waals surface area (Å²) in [5.41, 5.74) is 4.75. The highest BCUT2D eigenvalue weighted by Crippen LogP contribution is 2.51. The number of nitrogens with one attached hydrogen (secondary N) is 1. The summed E-state index contributed by atoms with van der Waals surface area (Å²) in [5.74, 6) is 3.05. The summed E-state index contributed by atoms with van der Waals surface area (Å²) < 4.78 is 21.0. The van der Waals surface area contributed by atoms with Crippen LogP contribution in [0.1, 0.15) is 84.0 Å². The number of hydrogen-bond donors (Lipinski definition) is 1. The number of halogens is 1. The third-order valence-electron chi connectivity index (χ3n) is 9.74. The average Bonchev–Trinajstić information content (AvgIpc) is 3.17. The first-order chi connectivity index (χ1) is 15.2. The van der Waals surface area contributed by atoms with Crippen LogP contribution >= 0.6 is 0 Å². The molecule has 3 heteroatoms. The first-order valence-corrected chi connectivity index (χ1v) is 13.3. The first kappa shape index (κ1) is 20.5. The number of allylic oxidation sites excluding steroid dienone is 4. The number of ether oxygens (including phenoxy) is 1. The lowest BCUT2D eigenvalue weighted by atomic mass is 9.68. The van der Waals surface area contributed by atoms with Crippen molar-refractivity contribution in [1.29, 1.82) is 0 Å². The predicted molar refractivity (Wildman–Crippen MR) is 123 cm³/mol. The van der Waals surface area contributed by atoms with Crippen molar-refractivity contribution in [2.45, 2.75) is 108 Å². The van der Waals surface area contributed by atoms with E-state index in [-0.39, 0.29) is 6.10 Å². The van der Waals surface area contributed by atoms with Crippen LogP contribution in [0.5, 0.6) is 0 Å². The molecule has 4 aliphatic carbocycles. The second kappa shape index (κ2) is 8.36. The lowest BCUT2D eigenvalue weighted by Gasteiger charge is -2.42. The van der Waals surface area contributed by atoms with Crippen LogP contribution in [0.25, 0.3) is 0 Å². The van der Waals surface area contributed by atoms with Gasteiger partial charge in [-0.2, -0.15) is 0 Å². The van der Waals surface area contributed by atoms with Crippen LogP contribution < -0.4 is 5.32 Å². The molecule has 9 unspecified atom stereocenters. The van der Waals surface area contributed by atoms with Gasteiger partial charge in [0.25, 0.3) is 0 Å². The normalized spacial score (nSPS) is 47.2. The summed E-state index contributed by atoms with van der Waals surface area (Å²) in [6, 6.07) is 0.641. The van der Waals surface area contributed by atoms with E-state index in [2.05, 4.69) is 30.5 Å². The van der Waals surface area contributed by atoms with Crippen LogP contribution in [-0.4, -0.2) is 24.4 Å². The Morgan fingerprint density at radius 3 is 2.84 bits per heavy atom. The van der Waals surface area contributed by atoms with Crippen LogP contribution in [0, 0.1) is 29.6 Å². The highest BCUT2D eigenvalue weighted by atomic mass is 19.1. The molecule has 1 N–H and O–H groups in total. The van der Waals surface area contributed by atoms with Crippen LogP contribution in [0.2, 0.25) is 0 Å². The Bertz CT molecular complexity index is 784. The Morgan fingerprint density at radius 2 is 1.94 bits per heavy atom. The topological polar surface area (TPSA) is 21.3 Å². The Balaban J connectivity index is 1.14. The summed E-state index contributed by atoms with van der Waals surface area (Å²) in [4.78, 5) is 0. The van der Waals surface area contributed by atoms with E-state index in [1.165, 1.54) is 56.9 Å². The van der Waals surface area contributed by atoms with Crippen molar-refractivity contribution in [3.8, 4) is 0 Å². The van der Waals surface area contributed by atoms with E-state index in [4.69, 9.17) is 4.74 Å². The maximum Gasteiger partial charge on any atom is 0.101 e. The van der Waals surface area contributed by atoms with E-state index in [1.54, 1.807) is 11.3 Å². The zero-order chi connectivity index (χ0) is 20.9.